The highest BCUT2D eigenvalue weighted by molar-refractivity contribution is 14.0. The van der Waals surface area contributed by atoms with Gasteiger partial charge in [0.2, 0.25) is 0 Å². The zero-order valence-corrected chi connectivity index (χ0v) is 17.9. The van der Waals surface area contributed by atoms with Gasteiger partial charge in [-0.2, -0.15) is 5.10 Å². The molecule has 2 N–H and O–H groups in total. The maximum atomic E-state index is 5.80. The zero-order chi connectivity index (χ0) is 18.2. The minimum absolute atomic E-state index is 0. The molecule has 0 fully saturated rings. The van der Waals surface area contributed by atoms with Gasteiger partial charge in [0.25, 0.3) is 0 Å². The summed E-state index contributed by atoms with van der Waals surface area (Å²) >= 11 is 5.80. The van der Waals surface area contributed by atoms with Crippen LogP contribution in [-0.4, -0.2) is 39.3 Å². The fraction of sp³-hybridized carbons (Fsp3) is 0.222. The Morgan fingerprint density at radius 3 is 2.74 bits per heavy atom. The van der Waals surface area contributed by atoms with Crippen LogP contribution in [0.25, 0.3) is 5.82 Å². The molecule has 9 heteroatoms. The van der Waals surface area contributed by atoms with Crippen molar-refractivity contribution >= 4 is 41.5 Å². The molecule has 3 aromatic rings. The lowest BCUT2D eigenvalue weighted by molar-refractivity contribution is 0.788. The molecule has 27 heavy (non-hydrogen) atoms. The molecule has 0 saturated carbocycles. The summed E-state index contributed by atoms with van der Waals surface area (Å²) in [4.78, 5) is 12.7. The van der Waals surface area contributed by atoms with Crippen LogP contribution in [0.5, 0.6) is 0 Å². The van der Waals surface area contributed by atoms with E-state index >= 15 is 0 Å². The molecule has 7 nitrogen and oxygen atoms in total. The summed E-state index contributed by atoms with van der Waals surface area (Å²) in [5.74, 6) is 1.52. The van der Waals surface area contributed by atoms with Gasteiger partial charge >= 0.3 is 0 Å². The average molecular weight is 498 g/mol. The third-order valence-electron chi connectivity index (χ3n) is 3.73. The van der Waals surface area contributed by atoms with E-state index in [0.29, 0.717) is 11.7 Å². The molecule has 0 unspecified atom stereocenters. The quantitative estimate of drug-likeness (QED) is 0.237. The van der Waals surface area contributed by atoms with E-state index in [1.165, 1.54) is 0 Å². The van der Waals surface area contributed by atoms with Gasteiger partial charge in [-0.25, -0.2) is 14.6 Å². The average Bonchev–Trinajstić information content (AvgIpc) is 3.21. The highest BCUT2D eigenvalue weighted by atomic mass is 127. The minimum Gasteiger partial charge on any atom is -0.356 e. The van der Waals surface area contributed by atoms with Crippen LogP contribution in [0, 0.1) is 0 Å². The van der Waals surface area contributed by atoms with Gasteiger partial charge < -0.3 is 10.6 Å². The van der Waals surface area contributed by atoms with Crippen molar-refractivity contribution in [1.29, 1.82) is 0 Å². The van der Waals surface area contributed by atoms with Gasteiger partial charge in [-0.05, 0) is 41.8 Å². The second-order valence-electron chi connectivity index (χ2n) is 5.56. The van der Waals surface area contributed by atoms with Crippen molar-refractivity contribution in [3.8, 4) is 5.82 Å². The molecule has 3 rings (SSSR count). The summed E-state index contributed by atoms with van der Waals surface area (Å²) in [5, 5.41) is 11.3. The first kappa shape index (κ1) is 21.1. The third kappa shape index (κ3) is 6.47. The summed E-state index contributed by atoms with van der Waals surface area (Å²) in [6, 6.07) is 9.60. The summed E-state index contributed by atoms with van der Waals surface area (Å²) < 4.78 is 1.73. The smallest absolute Gasteiger partial charge is 0.191 e. The Hall–Kier alpha value is -2.20. The molecular formula is C18H21ClIN7. The lowest BCUT2D eigenvalue weighted by Gasteiger charge is -2.12. The Labute approximate surface area is 180 Å². The van der Waals surface area contributed by atoms with Gasteiger partial charge in [0.05, 0.1) is 0 Å². The molecule has 142 valence electrons. The van der Waals surface area contributed by atoms with Crippen LogP contribution in [0.1, 0.15) is 11.1 Å². The number of aromatic nitrogens is 4. The Morgan fingerprint density at radius 1 is 1.15 bits per heavy atom. The van der Waals surface area contributed by atoms with Crippen LogP contribution >= 0.6 is 35.6 Å². The van der Waals surface area contributed by atoms with E-state index in [9.17, 15) is 0 Å². The first-order valence-corrected chi connectivity index (χ1v) is 8.62. The van der Waals surface area contributed by atoms with Gasteiger partial charge in [0, 0.05) is 44.9 Å². The topological polar surface area (TPSA) is 80.0 Å². The normalized spacial score (nSPS) is 11.0. The molecule has 0 aliphatic heterocycles. The Balaban J connectivity index is 0.00000261. The number of nitrogens with zero attached hydrogens (tertiary/aromatic N) is 5. The number of nitrogens with one attached hydrogen (secondary N) is 2. The SMILES string of the molecule is CN=C(NCCc1ccc(Cl)nc1)NCc1ccnc(-n2cccn2)c1.I. The lowest BCUT2D eigenvalue weighted by Crippen LogP contribution is -2.37. The van der Waals surface area contributed by atoms with Gasteiger partial charge in [-0.1, -0.05) is 17.7 Å². The lowest BCUT2D eigenvalue weighted by atomic mass is 10.2. The number of hydrogen-bond donors (Lipinski definition) is 2. The maximum Gasteiger partial charge on any atom is 0.191 e. The summed E-state index contributed by atoms with van der Waals surface area (Å²) in [7, 11) is 1.75. The van der Waals surface area contributed by atoms with Gasteiger partial charge in [0.15, 0.2) is 11.8 Å². The summed E-state index contributed by atoms with van der Waals surface area (Å²) in [6.45, 7) is 1.39. The molecule has 0 atom stereocenters. The van der Waals surface area contributed by atoms with E-state index in [1.54, 1.807) is 36.4 Å². The first-order valence-electron chi connectivity index (χ1n) is 8.24. The van der Waals surface area contributed by atoms with E-state index in [2.05, 4.69) is 30.7 Å². The second kappa shape index (κ2) is 10.8. The molecule has 0 aromatic carbocycles. The molecular weight excluding hydrogens is 477 g/mol. The maximum absolute atomic E-state index is 5.80. The number of hydrogen-bond acceptors (Lipinski definition) is 4. The van der Waals surface area contributed by atoms with E-state index in [0.717, 1.165) is 35.9 Å². The highest BCUT2D eigenvalue weighted by Crippen LogP contribution is 2.06. The van der Waals surface area contributed by atoms with E-state index in [-0.39, 0.29) is 24.0 Å². The van der Waals surface area contributed by atoms with Gasteiger partial charge in [0.1, 0.15) is 5.15 Å². The van der Waals surface area contributed by atoms with E-state index in [1.807, 2.05) is 30.5 Å². The predicted octanol–water partition coefficient (Wildman–Crippen LogP) is 2.84. The molecule has 0 saturated heterocycles. The minimum atomic E-state index is 0. The van der Waals surface area contributed by atoms with E-state index in [4.69, 9.17) is 11.6 Å². The van der Waals surface area contributed by atoms with Crippen molar-refractivity contribution in [1.82, 2.24) is 30.4 Å². The monoisotopic (exact) mass is 497 g/mol. The van der Waals surface area contributed by atoms with Crippen molar-refractivity contribution in [2.45, 2.75) is 13.0 Å². The van der Waals surface area contributed by atoms with Crippen molar-refractivity contribution < 1.29 is 0 Å². The van der Waals surface area contributed by atoms with Crippen LogP contribution in [0.3, 0.4) is 0 Å². The van der Waals surface area contributed by atoms with Crippen molar-refractivity contribution in [2.24, 2.45) is 4.99 Å². The first-order chi connectivity index (χ1) is 12.7. The van der Waals surface area contributed by atoms with Crippen LogP contribution in [0.4, 0.5) is 0 Å². The molecule has 0 spiro atoms. The standard InChI is InChI=1S/C18H20ClN7.HI/c1-20-18(22-9-5-14-3-4-16(19)23-12-14)24-13-15-6-8-21-17(11-15)26-10-2-7-25-26;/h2-4,6-8,10-12H,5,9,13H2,1H3,(H2,20,22,24);1H. The summed E-state index contributed by atoms with van der Waals surface area (Å²) in [5.41, 5.74) is 2.21. The Bertz CT molecular complexity index is 850. The Morgan fingerprint density at radius 2 is 2.04 bits per heavy atom. The molecule has 0 aliphatic rings. The fourth-order valence-corrected chi connectivity index (χ4v) is 2.50. The molecule has 0 bridgehead atoms. The molecule has 3 heterocycles. The second-order valence-corrected chi connectivity index (χ2v) is 5.95. The molecule has 0 aliphatic carbocycles. The number of guanidine groups is 1. The van der Waals surface area contributed by atoms with Crippen LogP contribution in [0.15, 0.2) is 60.1 Å². The van der Waals surface area contributed by atoms with Crippen LogP contribution in [0.2, 0.25) is 5.15 Å². The summed E-state index contributed by atoms with van der Waals surface area (Å²) in [6.07, 6.45) is 8.00. The fourth-order valence-electron chi connectivity index (χ4n) is 2.39. The van der Waals surface area contributed by atoms with Crippen molar-refractivity contribution in [3.05, 3.63) is 71.4 Å². The van der Waals surface area contributed by atoms with Crippen LogP contribution < -0.4 is 10.6 Å². The van der Waals surface area contributed by atoms with Crippen molar-refractivity contribution in [3.63, 3.8) is 0 Å². The predicted molar refractivity (Wildman–Crippen MR) is 118 cm³/mol. The highest BCUT2D eigenvalue weighted by Gasteiger charge is 2.02. The zero-order valence-electron chi connectivity index (χ0n) is 14.8. The number of halogens is 2. The third-order valence-corrected chi connectivity index (χ3v) is 3.95. The largest absolute Gasteiger partial charge is 0.356 e. The van der Waals surface area contributed by atoms with Gasteiger partial charge in [-0.15, -0.1) is 24.0 Å². The van der Waals surface area contributed by atoms with E-state index < -0.39 is 0 Å². The molecule has 0 radical (unpaired) electrons. The number of pyridine rings is 2. The molecule has 3 aromatic heterocycles. The number of rotatable bonds is 6. The van der Waals surface area contributed by atoms with Crippen LogP contribution in [-0.2, 0) is 13.0 Å². The molecule has 0 amide bonds. The Kier molecular flexibility index (Phi) is 8.46. The van der Waals surface area contributed by atoms with Crippen molar-refractivity contribution in [2.75, 3.05) is 13.6 Å². The number of aliphatic imine (C=N–C) groups is 1. The van der Waals surface area contributed by atoms with Gasteiger partial charge in [-0.3, -0.25) is 4.99 Å².